The first-order valence-electron chi connectivity index (χ1n) is 2.90. The highest BCUT2D eigenvalue weighted by molar-refractivity contribution is 14.1. The Kier molecular flexibility index (Phi) is 2.52. The summed E-state index contributed by atoms with van der Waals surface area (Å²) in [6.45, 7) is 3.90. The molecular weight excluding hydrogens is 260 g/mol. The Morgan fingerprint density at radius 2 is 2.10 bits per heavy atom. The maximum absolute atomic E-state index is 5.88. The van der Waals surface area contributed by atoms with E-state index in [1.165, 1.54) is 0 Å². The average molecular weight is 267 g/mol. The molecule has 0 unspecified atom stereocenters. The number of hydrogen-bond acceptors (Lipinski definition) is 1. The van der Waals surface area contributed by atoms with Gasteiger partial charge in [0.1, 0.15) is 3.70 Å². The van der Waals surface area contributed by atoms with Crippen LogP contribution in [0.3, 0.4) is 0 Å². The zero-order chi connectivity index (χ0) is 7.72. The molecule has 0 saturated carbocycles. The van der Waals surface area contributed by atoms with Crippen LogP contribution in [0.4, 0.5) is 0 Å². The van der Waals surface area contributed by atoms with Gasteiger partial charge in [0.2, 0.25) is 0 Å². The second-order valence-electron chi connectivity index (χ2n) is 2.16. The van der Waals surface area contributed by atoms with E-state index < -0.39 is 0 Å². The molecule has 54 valence electrons. The summed E-state index contributed by atoms with van der Waals surface area (Å²) in [7, 11) is 0. The maximum atomic E-state index is 5.88. The van der Waals surface area contributed by atoms with Crippen molar-refractivity contribution >= 4 is 34.2 Å². The molecule has 3 heteroatoms. The van der Waals surface area contributed by atoms with Crippen LogP contribution in [0.1, 0.15) is 11.3 Å². The van der Waals surface area contributed by atoms with Gasteiger partial charge >= 0.3 is 0 Å². The Morgan fingerprint density at radius 1 is 1.50 bits per heavy atom. The third-order valence-corrected chi connectivity index (χ3v) is 2.40. The number of aromatic nitrogens is 1. The maximum Gasteiger partial charge on any atom is 0.102 e. The highest BCUT2D eigenvalue weighted by Gasteiger charge is 2.00. The fourth-order valence-corrected chi connectivity index (χ4v) is 1.69. The molecule has 1 aromatic rings. The average Bonchev–Trinajstić information content (AvgIpc) is 1.82. The van der Waals surface area contributed by atoms with Crippen molar-refractivity contribution in [1.82, 2.24) is 4.98 Å². The third-order valence-electron chi connectivity index (χ3n) is 1.27. The standard InChI is InChI=1S/C7H7ClIN/c1-4-3-6(9)10-5(2)7(4)8/h3H,1-2H3. The summed E-state index contributed by atoms with van der Waals surface area (Å²) in [5.41, 5.74) is 2.00. The van der Waals surface area contributed by atoms with Crippen molar-refractivity contribution in [2.75, 3.05) is 0 Å². The molecule has 1 rings (SSSR count). The summed E-state index contributed by atoms with van der Waals surface area (Å²) >= 11 is 8.06. The zero-order valence-electron chi connectivity index (χ0n) is 5.78. The van der Waals surface area contributed by atoms with Crippen LogP contribution in [0.15, 0.2) is 6.07 Å². The fraction of sp³-hybridized carbons (Fsp3) is 0.286. The quantitative estimate of drug-likeness (QED) is 0.520. The van der Waals surface area contributed by atoms with Crippen LogP contribution in [0.2, 0.25) is 5.02 Å². The van der Waals surface area contributed by atoms with E-state index in [0.29, 0.717) is 0 Å². The zero-order valence-corrected chi connectivity index (χ0v) is 8.69. The minimum atomic E-state index is 0.778. The van der Waals surface area contributed by atoms with Crippen LogP contribution in [0.5, 0.6) is 0 Å². The molecule has 0 aliphatic carbocycles. The molecule has 0 atom stereocenters. The minimum absolute atomic E-state index is 0.778. The highest BCUT2D eigenvalue weighted by atomic mass is 127. The molecule has 0 aliphatic heterocycles. The summed E-state index contributed by atoms with van der Waals surface area (Å²) in [5, 5.41) is 0.778. The van der Waals surface area contributed by atoms with Crippen LogP contribution in [-0.4, -0.2) is 4.98 Å². The number of halogens is 2. The second-order valence-corrected chi connectivity index (χ2v) is 3.64. The smallest absolute Gasteiger partial charge is 0.102 e. The van der Waals surface area contributed by atoms with Gasteiger partial charge in [0.15, 0.2) is 0 Å². The Bertz CT molecular complexity index is 237. The molecule has 0 bridgehead atoms. The van der Waals surface area contributed by atoms with Gasteiger partial charge < -0.3 is 0 Å². The molecule has 1 heterocycles. The van der Waals surface area contributed by atoms with Crippen molar-refractivity contribution in [3.63, 3.8) is 0 Å². The lowest BCUT2D eigenvalue weighted by Gasteiger charge is -2.00. The first-order valence-corrected chi connectivity index (χ1v) is 4.36. The van der Waals surface area contributed by atoms with Crippen molar-refractivity contribution in [2.45, 2.75) is 13.8 Å². The van der Waals surface area contributed by atoms with E-state index in [4.69, 9.17) is 11.6 Å². The van der Waals surface area contributed by atoms with Gasteiger partial charge in [-0.1, -0.05) is 11.6 Å². The number of hydrogen-bond donors (Lipinski definition) is 0. The highest BCUT2D eigenvalue weighted by Crippen LogP contribution is 2.19. The van der Waals surface area contributed by atoms with Crippen LogP contribution >= 0.6 is 34.2 Å². The van der Waals surface area contributed by atoms with Crippen molar-refractivity contribution in [3.8, 4) is 0 Å². The van der Waals surface area contributed by atoms with E-state index in [2.05, 4.69) is 27.6 Å². The van der Waals surface area contributed by atoms with Crippen LogP contribution in [-0.2, 0) is 0 Å². The molecule has 0 spiro atoms. The van der Waals surface area contributed by atoms with Crippen molar-refractivity contribution in [1.29, 1.82) is 0 Å². The predicted octanol–water partition coefficient (Wildman–Crippen LogP) is 2.96. The second kappa shape index (κ2) is 3.05. The van der Waals surface area contributed by atoms with Crippen LogP contribution in [0, 0.1) is 17.5 Å². The van der Waals surface area contributed by atoms with E-state index in [-0.39, 0.29) is 0 Å². The number of aryl methyl sites for hydroxylation is 2. The fourth-order valence-electron chi connectivity index (χ4n) is 0.769. The van der Waals surface area contributed by atoms with Crippen molar-refractivity contribution in [3.05, 3.63) is 26.0 Å². The van der Waals surface area contributed by atoms with Crippen LogP contribution in [0.25, 0.3) is 0 Å². The van der Waals surface area contributed by atoms with Gasteiger partial charge in [-0.15, -0.1) is 0 Å². The molecule has 0 amide bonds. The van der Waals surface area contributed by atoms with Gasteiger partial charge in [-0.2, -0.15) is 0 Å². The van der Waals surface area contributed by atoms with E-state index in [9.17, 15) is 0 Å². The van der Waals surface area contributed by atoms with E-state index >= 15 is 0 Å². The molecule has 0 aromatic carbocycles. The van der Waals surface area contributed by atoms with Gasteiger partial charge in [-0.3, -0.25) is 0 Å². The Hall–Kier alpha value is 0.170. The molecular formula is C7H7ClIN. The normalized spacial score (nSPS) is 10.0. The van der Waals surface area contributed by atoms with Gasteiger partial charge in [0, 0.05) is 0 Å². The first kappa shape index (κ1) is 8.27. The van der Waals surface area contributed by atoms with E-state index in [0.717, 1.165) is 20.0 Å². The summed E-state index contributed by atoms with van der Waals surface area (Å²) in [4.78, 5) is 4.19. The predicted molar refractivity (Wildman–Crippen MR) is 51.4 cm³/mol. The lowest BCUT2D eigenvalue weighted by molar-refractivity contribution is 1.14. The SMILES string of the molecule is Cc1cc(I)nc(C)c1Cl. The largest absolute Gasteiger partial charge is 0.246 e. The number of pyridine rings is 1. The van der Waals surface area contributed by atoms with Crippen LogP contribution < -0.4 is 0 Å². The molecule has 1 aromatic heterocycles. The topological polar surface area (TPSA) is 12.9 Å². The summed E-state index contributed by atoms with van der Waals surface area (Å²) in [6.07, 6.45) is 0. The lowest BCUT2D eigenvalue weighted by atomic mass is 10.2. The lowest BCUT2D eigenvalue weighted by Crippen LogP contribution is -1.89. The molecule has 0 fully saturated rings. The molecule has 0 aliphatic rings. The van der Waals surface area contributed by atoms with E-state index in [1.807, 2.05) is 19.9 Å². The first-order chi connectivity index (χ1) is 4.61. The van der Waals surface area contributed by atoms with Gasteiger partial charge in [0.25, 0.3) is 0 Å². The minimum Gasteiger partial charge on any atom is -0.246 e. The molecule has 1 nitrogen and oxygen atoms in total. The Morgan fingerprint density at radius 3 is 2.60 bits per heavy atom. The molecule has 0 N–H and O–H groups in total. The Labute approximate surface area is 78.9 Å². The van der Waals surface area contributed by atoms with Gasteiger partial charge in [-0.25, -0.2) is 4.98 Å². The molecule has 0 radical (unpaired) electrons. The number of nitrogens with zero attached hydrogens (tertiary/aromatic N) is 1. The summed E-state index contributed by atoms with van der Waals surface area (Å²) < 4.78 is 0.997. The van der Waals surface area contributed by atoms with Crippen molar-refractivity contribution in [2.24, 2.45) is 0 Å². The third kappa shape index (κ3) is 1.61. The van der Waals surface area contributed by atoms with Gasteiger partial charge in [-0.05, 0) is 48.1 Å². The Balaban J connectivity index is 3.31. The molecule has 0 saturated heterocycles. The van der Waals surface area contributed by atoms with Gasteiger partial charge in [0.05, 0.1) is 10.7 Å². The summed E-state index contributed by atoms with van der Waals surface area (Å²) in [5.74, 6) is 0. The van der Waals surface area contributed by atoms with E-state index in [1.54, 1.807) is 0 Å². The van der Waals surface area contributed by atoms with Crippen molar-refractivity contribution < 1.29 is 0 Å². The summed E-state index contributed by atoms with van der Waals surface area (Å²) in [6, 6.07) is 1.97. The molecule has 10 heavy (non-hydrogen) atoms. The number of rotatable bonds is 0. The monoisotopic (exact) mass is 267 g/mol.